The van der Waals surface area contributed by atoms with Gasteiger partial charge in [0.15, 0.2) is 0 Å². The highest BCUT2D eigenvalue weighted by Crippen LogP contribution is 2.13. The Morgan fingerprint density at radius 1 is 1.12 bits per heavy atom. The summed E-state index contributed by atoms with van der Waals surface area (Å²) in [6.07, 6.45) is -0.291. The van der Waals surface area contributed by atoms with E-state index >= 15 is 0 Å². The van der Waals surface area contributed by atoms with Gasteiger partial charge in [-0.25, -0.2) is 0 Å². The summed E-state index contributed by atoms with van der Waals surface area (Å²) in [5.74, 6) is 0. The Hall–Kier alpha value is -1.56. The Labute approximate surface area is 94.8 Å². The van der Waals surface area contributed by atoms with Gasteiger partial charge in [0.1, 0.15) is 0 Å². The third-order valence-electron chi connectivity index (χ3n) is 1.86. The Balaban J connectivity index is 3.12. The summed E-state index contributed by atoms with van der Waals surface area (Å²) in [5.41, 5.74) is 0.974. The van der Waals surface area contributed by atoms with Crippen molar-refractivity contribution in [2.75, 3.05) is 14.2 Å². The topological polar surface area (TPSA) is 65.0 Å². The van der Waals surface area contributed by atoms with E-state index in [1.165, 1.54) is 26.4 Å². The number of sulfonamides is 1. The van der Waals surface area contributed by atoms with Crippen molar-refractivity contribution in [2.45, 2.75) is 11.8 Å². The van der Waals surface area contributed by atoms with Crippen molar-refractivity contribution in [1.82, 2.24) is 0 Å². The standard InChI is InChI=1S/C10H13NO4S/c1-8-4-6-9(7-5-8)16(12,13)11-10(14-2)15-3/h4-7H,1-3H3. The quantitative estimate of drug-likeness (QED) is 0.580. The van der Waals surface area contributed by atoms with Crippen LogP contribution in [0.25, 0.3) is 0 Å². The Bertz CT molecular complexity index is 470. The third kappa shape index (κ3) is 2.96. The van der Waals surface area contributed by atoms with Crippen LogP contribution in [0.15, 0.2) is 33.6 Å². The summed E-state index contributed by atoms with van der Waals surface area (Å²) >= 11 is 0. The fourth-order valence-electron chi connectivity index (χ4n) is 1.02. The van der Waals surface area contributed by atoms with Crippen molar-refractivity contribution in [3.8, 4) is 0 Å². The van der Waals surface area contributed by atoms with Gasteiger partial charge in [-0.15, -0.1) is 0 Å². The number of benzene rings is 1. The largest absolute Gasteiger partial charge is 0.453 e. The van der Waals surface area contributed by atoms with Gasteiger partial charge in [-0.3, -0.25) is 0 Å². The van der Waals surface area contributed by atoms with Crippen molar-refractivity contribution in [2.24, 2.45) is 4.40 Å². The molecule has 0 atom stereocenters. The highest BCUT2D eigenvalue weighted by Gasteiger charge is 2.14. The van der Waals surface area contributed by atoms with E-state index in [2.05, 4.69) is 13.9 Å². The van der Waals surface area contributed by atoms with Gasteiger partial charge in [-0.05, 0) is 19.1 Å². The van der Waals surface area contributed by atoms with Gasteiger partial charge in [0.2, 0.25) is 0 Å². The maximum atomic E-state index is 11.7. The van der Waals surface area contributed by atoms with Crippen LogP contribution in [-0.4, -0.2) is 28.7 Å². The number of hydrogen-bond donors (Lipinski definition) is 0. The lowest BCUT2D eigenvalue weighted by Crippen LogP contribution is -2.08. The number of rotatable bonds is 2. The van der Waals surface area contributed by atoms with Crippen molar-refractivity contribution in [1.29, 1.82) is 0 Å². The van der Waals surface area contributed by atoms with Crippen LogP contribution in [0.2, 0.25) is 0 Å². The Kier molecular flexibility index (Phi) is 3.89. The number of hydrogen-bond acceptors (Lipinski definition) is 4. The molecule has 1 rings (SSSR count). The molecule has 0 heterocycles. The first kappa shape index (κ1) is 12.5. The SMILES string of the molecule is COC(=NS(=O)(=O)c1ccc(C)cc1)OC. The summed E-state index contributed by atoms with van der Waals surface area (Å²) < 4.78 is 36.1. The smallest absolute Gasteiger partial charge is 0.399 e. The fourth-order valence-corrected chi connectivity index (χ4v) is 1.95. The molecule has 88 valence electrons. The summed E-state index contributed by atoms with van der Waals surface area (Å²) in [7, 11) is -1.19. The molecule has 0 aliphatic rings. The van der Waals surface area contributed by atoms with Crippen LogP contribution in [0.1, 0.15) is 5.56 Å². The van der Waals surface area contributed by atoms with Gasteiger partial charge < -0.3 is 9.47 Å². The van der Waals surface area contributed by atoms with Crippen molar-refractivity contribution >= 4 is 16.1 Å². The molecule has 5 nitrogen and oxygen atoms in total. The maximum absolute atomic E-state index is 11.7. The molecular formula is C10H13NO4S. The average Bonchev–Trinajstić information content (AvgIpc) is 2.26. The fraction of sp³-hybridized carbons (Fsp3) is 0.300. The van der Waals surface area contributed by atoms with Gasteiger partial charge in [0.25, 0.3) is 10.0 Å². The molecule has 16 heavy (non-hydrogen) atoms. The lowest BCUT2D eigenvalue weighted by atomic mass is 10.2. The van der Waals surface area contributed by atoms with Crippen LogP contribution >= 0.6 is 0 Å². The van der Waals surface area contributed by atoms with E-state index < -0.39 is 10.0 Å². The first-order valence-corrected chi connectivity index (χ1v) is 5.93. The number of methoxy groups -OCH3 is 2. The normalized spacial score (nSPS) is 10.7. The third-order valence-corrected chi connectivity index (χ3v) is 3.12. The molecule has 0 aromatic heterocycles. The van der Waals surface area contributed by atoms with Crippen LogP contribution in [0.5, 0.6) is 0 Å². The molecule has 0 saturated carbocycles. The van der Waals surface area contributed by atoms with Crippen LogP contribution in [0, 0.1) is 6.92 Å². The Morgan fingerprint density at radius 2 is 1.62 bits per heavy atom. The van der Waals surface area contributed by atoms with E-state index in [1.807, 2.05) is 6.92 Å². The number of nitrogens with zero attached hydrogens (tertiary/aromatic N) is 1. The van der Waals surface area contributed by atoms with Crippen LogP contribution in [-0.2, 0) is 19.5 Å². The van der Waals surface area contributed by atoms with E-state index in [0.717, 1.165) is 5.56 Å². The summed E-state index contributed by atoms with van der Waals surface area (Å²) in [4.78, 5) is 0.102. The first-order valence-electron chi connectivity index (χ1n) is 4.49. The second-order valence-electron chi connectivity index (χ2n) is 3.05. The van der Waals surface area contributed by atoms with E-state index in [4.69, 9.17) is 0 Å². The summed E-state index contributed by atoms with van der Waals surface area (Å²) in [5, 5.41) is 0. The van der Waals surface area contributed by atoms with E-state index in [9.17, 15) is 8.42 Å². The zero-order chi connectivity index (χ0) is 12.2. The minimum atomic E-state index is -3.76. The maximum Gasteiger partial charge on any atom is 0.399 e. The summed E-state index contributed by atoms with van der Waals surface area (Å²) in [6.45, 7) is 1.87. The van der Waals surface area contributed by atoms with Crippen LogP contribution in [0.3, 0.4) is 0 Å². The zero-order valence-electron chi connectivity index (χ0n) is 9.30. The second-order valence-corrected chi connectivity index (χ2v) is 4.66. The van der Waals surface area contributed by atoms with E-state index in [0.29, 0.717) is 0 Å². The molecule has 0 N–H and O–H groups in total. The second kappa shape index (κ2) is 4.98. The number of aryl methyl sites for hydroxylation is 1. The molecule has 0 bridgehead atoms. The molecule has 0 spiro atoms. The molecule has 0 fully saturated rings. The predicted molar refractivity (Wildman–Crippen MR) is 59.8 cm³/mol. The molecule has 0 amide bonds. The molecule has 0 aliphatic heterocycles. The molecule has 0 unspecified atom stereocenters. The van der Waals surface area contributed by atoms with Gasteiger partial charge in [-0.2, -0.15) is 8.42 Å². The lowest BCUT2D eigenvalue weighted by molar-refractivity contribution is 0.244. The zero-order valence-corrected chi connectivity index (χ0v) is 10.1. The highest BCUT2D eigenvalue weighted by molar-refractivity contribution is 7.90. The van der Waals surface area contributed by atoms with Gasteiger partial charge in [0.05, 0.1) is 19.1 Å². The van der Waals surface area contributed by atoms with Gasteiger partial charge in [-0.1, -0.05) is 22.1 Å². The molecule has 0 saturated heterocycles. The average molecular weight is 243 g/mol. The molecule has 0 aliphatic carbocycles. The van der Waals surface area contributed by atoms with E-state index in [1.54, 1.807) is 12.1 Å². The van der Waals surface area contributed by atoms with Gasteiger partial charge >= 0.3 is 6.08 Å². The van der Waals surface area contributed by atoms with Crippen LogP contribution < -0.4 is 0 Å². The number of ether oxygens (including phenoxy) is 2. The van der Waals surface area contributed by atoms with Crippen LogP contribution in [0.4, 0.5) is 0 Å². The van der Waals surface area contributed by atoms with Crippen molar-refractivity contribution in [3.05, 3.63) is 29.8 Å². The molecule has 6 heteroatoms. The minimum absolute atomic E-state index is 0.102. The van der Waals surface area contributed by atoms with Gasteiger partial charge in [0, 0.05) is 0 Å². The molecule has 1 aromatic carbocycles. The van der Waals surface area contributed by atoms with Crippen molar-refractivity contribution < 1.29 is 17.9 Å². The molecular weight excluding hydrogens is 230 g/mol. The van der Waals surface area contributed by atoms with E-state index in [-0.39, 0.29) is 11.0 Å². The Morgan fingerprint density at radius 3 is 2.06 bits per heavy atom. The summed E-state index contributed by atoms with van der Waals surface area (Å²) in [6, 6.07) is 6.36. The first-order chi connectivity index (χ1) is 7.49. The lowest BCUT2D eigenvalue weighted by Gasteiger charge is -2.03. The molecule has 1 aromatic rings. The predicted octanol–water partition coefficient (Wildman–Crippen LogP) is 1.33. The highest BCUT2D eigenvalue weighted by atomic mass is 32.2. The monoisotopic (exact) mass is 243 g/mol. The molecule has 0 radical (unpaired) electrons. The minimum Gasteiger partial charge on any atom is -0.453 e. The van der Waals surface area contributed by atoms with Crippen molar-refractivity contribution in [3.63, 3.8) is 0 Å².